The number of rotatable bonds is 1. The Kier molecular flexibility index (Phi) is 2.33. The molecular formula is C8H5BrClN3. The van der Waals surface area contributed by atoms with Crippen molar-refractivity contribution in [3.8, 4) is 5.69 Å². The predicted molar refractivity (Wildman–Crippen MR) is 54.1 cm³/mol. The molecule has 0 saturated heterocycles. The highest BCUT2D eigenvalue weighted by atomic mass is 79.9. The summed E-state index contributed by atoms with van der Waals surface area (Å²) in [7, 11) is 0. The third-order valence-electron chi connectivity index (χ3n) is 1.51. The van der Waals surface area contributed by atoms with Crippen molar-refractivity contribution in [2.75, 3.05) is 0 Å². The second kappa shape index (κ2) is 3.47. The first-order valence-corrected chi connectivity index (χ1v) is 4.75. The summed E-state index contributed by atoms with van der Waals surface area (Å²) in [5.41, 5.74) is 0.876. The van der Waals surface area contributed by atoms with Gasteiger partial charge in [-0.15, -0.1) is 0 Å². The summed E-state index contributed by atoms with van der Waals surface area (Å²) in [4.78, 5) is 4.02. The normalized spacial score (nSPS) is 10.3. The van der Waals surface area contributed by atoms with Crippen molar-refractivity contribution in [3.05, 3.63) is 40.3 Å². The van der Waals surface area contributed by atoms with Crippen LogP contribution in [0.25, 0.3) is 5.69 Å². The maximum absolute atomic E-state index is 5.69. The van der Waals surface area contributed by atoms with Gasteiger partial charge in [0.2, 0.25) is 0 Å². The minimum Gasteiger partial charge on any atom is -0.261 e. The Balaban J connectivity index is 2.46. The number of hydrogen-bond acceptors (Lipinski definition) is 2. The molecule has 0 aliphatic heterocycles. The van der Waals surface area contributed by atoms with Crippen molar-refractivity contribution in [3.63, 3.8) is 0 Å². The highest BCUT2D eigenvalue weighted by Crippen LogP contribution is 2.14. The Morgan fingerprint density at radius 1 is 1.38 bits per heavy atom. The summed E-state index contributed by atoms with van der Waals surface area (Å²) in [6, 6.07) is 3.64. The maximum Gasteiger partial charge on any atom is 0.151 e. The molecule has 0 bridgehead atoms. The van der Waals surface area contributed by atoms with Crippen molar-refractivity contribution in [2.24, 2.45) is 0 Å². The molecule has 13 heavy (non-hydrogen) atoms. The van der Waals surface area contributed by atoms with E-state index in [0.29, 0.717) is 5.15 Å². The molecule has 0 N–H and O–H groups in total. The molecule has 0 atom stereocenters. The lowest BCUT2D eigenvalue weighted by Crippen LogP contribution is -1.94. The van der Waals surface area contributed by atoms with Gasteiger partial charge < -0.3 is 0 Å². The fourth-order valence-corrected chi connectivity index (χ4v) is 1.46. The molecule has 0 fully saturated rings. The molecule has 2 aromatic heterocycles. The smallest absolute Gasteiger partial charge is 0.151 e. The number of pyridine rings is 1. The zero-order chi connectivity index (χ0) is 9.26. The van der Waals surface area contributed by atoms with E-state index in [1.807, 2.05) is 6.07 Å². The number of hydrogen-bond donors (Lipinski definition) is 0. The second-order valence-electron chi connectivity index (χ2n) is 2.44. The minimum atomic E-state index is 0.472. The summed E-state index contributed by atoms with van der Waals surface area (Å²) in [5.74, 6) is 0. The quantitative estimate of drug-likeness (QED) is 0.787. The van der Waals surface area contributed by atoms with Crippen LogP contribution >= 0.6 is 27.5 Å². The van der Waals surface area contributed by atoms with Gasteiger partial charge in [-0.25, -0.2) is 4.68 Å². The summed E-state index contributed by atoms with van der Waals surface area (Å²) in [5, 5.41) is 4.52. The standard InChI is InChI=1S/C8H5BrClN3/c9-6-3-7(5-11-4-6)13-2-1-8(10)12-13/h1-5H. The van der Waals surface area contributed by atoms with Crippen LogP contribution in [0.3, 0.4) is 0 Å². The monoisotopic (exact) mass is 257 g/mol. The van der Waals surface area contributed by atoms with Crippen LogP contribution in [0.15, 0.2) is 35.2 Å². The molecule has 0 radical (unpaired) electrons. The van der Waals surface area contributed by atoms with Crippen LogP contribution in [0, 0.1) is 0 Å². The van der Waals surface area contributed by atoms with Crippen LogP contribution < -0.4 is 0 Å². The Morgan fingerprint density at radius 3 is 2.85 bits per heavy atom. The average molecular weight is 259 g/mol. The Labute approximate surface area is 88.5 Å². The molecule has 66 valence electrons. The van der Waals surface area contributed by atoms with Crippen molar-refractivity contribution in [1.29, 1.82) is 0 Å². The zero-order valence-corrected chi connectivity index (χ0v) is 8.83. The van der Waals surface area contributed by atoms with Crippen LogP contribution in [0.2, 0.25) is 5.15 Å². The first kappa shape index (κ1) is 8.72. The van der Waals surface area contributed by atoms with Crippen LogP contribution in [-0.4, -0.2) is 14.8 Å². The molecule has 0 saturated carbocycles. The fourth-order valence-electron chi connectivity index (χ4n) is 0.971. The van der Waals surface area contributed by atoms with Gasteiger partial charge in [0.05, 0.1) is 11.9 Å². The van der Waals surface area contributed by atoms with Crippen LogP contribution in [0.4, 0.5) is 0 Å². The third-order valence-corrected chi connectivity index (χ3v) is 2.15. The lowest BCUT2D eigenvalue weighted by molar-refractivity contribution is 0.873. The lowest BCUT2D eigenvalue weighted by Gasteiger charge is -1.99. The Hall–Kier alpha value is -0.870. The van der Waals surface area contributed by atoms with E-state index >= 15 is 0 Å². The minimum absolute atomic E-state index is 0.472. The van der Waals surface area contributed by atoms with E-state index in [1.165, 1.54) is 0 Å². The van der Waals surface area contributed by atoms with Crippen molar-refractivity contribution in [1.82, 2.24) is 14.8 Å². The zero-order valence-electron chi connectivity index (χ0n) is 6.48. The van der Waals surface area contributed by atoms with Gasteiger partial charge in [-0.1, -0.05) is 11.6 Å². The van der Waals surface area contributed by atoms with Crippen LogP contribution in [0.1, 0.15) is 0 Å². The summed E-state index contributed by atoms with van der Waals surface area (Å²) in [6.45, 7) is 0. The van der Waals surface area contributed by atoms with Gasteiger partial charge in [0, 0.05) is 16.9 Å². The van der Waals surface area contributed by atoms with Crippen LogP contribution in [0.5, 0.6) is 0 Å². The molecule has 0 aliphatic rings. The van der Waals surface area contributed by atoms with E-state index in [-0.39, 0.29) is 0 Å². The van der Waals surface area contributed by atoms with E-state index in [2.05, 4.69) is 26.0 Å². The Bertz CT molecular complexity index is 427. The lowest BCUT2D eigenvalue weighted by atomic mass is 10.4. The van der Waals surface area contributed by atoms with Gasteiger partial charge in [-0.3, -0.25) is 4.98 Å². The van der Waals surface area contributed by atoms with Gasteiger partial charge in [0.25, 0.3) is 0 Å². The van der Waals surface area contributed by atoms with Crippen molar-refractivity contribution in [2.45, 2.75) is 0 Å². The fraction of sp³-hybridized carbons (Fsp3) is 0. The first-order chi connectivity index (χ1) is 6.25. The highest BCUT2D eigenvalue weighted by molar-refractivity contribution is 9.10. The summed E-state index contributed by atoms with van der Waals surface area (Å²) < 4.78 is 2.58. The molecule has 0 spiro atoms. The number of nitrogens with zero attached hydrogens (tertiary/aromatic N) is 3. The molecule has 5 heteroatoms. The van der Waals surface area contributed by atoms with Crippen LogP contribution in [-0.2, 0) is 0 Å². The number of halogens is 2. The molecule has 0 amide bonds. The van der Waals surface area contributed by atoms with E-state index in [0.717, 1.165) is 10.2 Å². The van der Waals surface area contributed by atoms with Gasteiger partial charge in [0.15, 0.2) is 5.15 Å². The summed E-state index contributed by atoms with van der Waals surface area (Å²) in [6.07, 6.45) is 5.22. The molecule has 0 unspecified atom stereocenters. The molecule has 2 heterocycles. The molecule has 0 aliphatic carbocycles. The largest absolute Gasteiger partial charge is 0.261 e. The summed E-state index contributed by atoms with van der Waals surface area (Å²) >= 11 is 9.02. The SMILES string of the molecule is Clc1ccn(-c2cncc(Br)c2)n1. The average Bonchev–Trinajstić information content (AvgIpc) is 2.52. The van der Waals surface area contributed by atoms with E-state index < -0.39 is 0 Å². The van der Waals surface area contributed by atoms with Crippen molar-refractivity contribution >= 4 is 27.5 Å². The molecular weight excluding hydrogens is 253 g/mol. The second-order valence-corrected chi connectivity index (χ2v) is 3.75. The predicted octanol–water partition coefficient (Wildman–Crippen LogP) is 2.68. The highest BCUT2D eigenvalue weighted by Gasteiger charge is 1.99. The molecule has 2 rings (SSSR count). The van der Waals surface area contributed by atoms with Gasteiger partial charge in [-0.05, 0) is 28.1 Å². The van der Waals surface area contributed by atoms with Gasteiger partial charge in [0.1, 0.15) is 0 Å². The van der Waals surface area contributed by atoms with Gasteiger partial charge in [-0.2, -0.15) is 5.10 Å². The Morgan fingerprint density at radius 2 is 2.23 bits per heavy atom. The molecule has 0 aromatic carbocycles. The first-order valence-electron chi connectivity index (χ1n) is 3.58. The maximum atomic E-state index is 5.69. The topological polar surface area (TPSA) is 30.7 Å². The molecule has 3 nitrogen and oxygen atoms in total. The van der Waals surface area contributed by atoms with E-state index in [4.69, 9.17) is 11.6 Å². The van der Waals surface area contributed by atoms with E-state index in [9.17, 15) is 0 Å². The number of aromatic nitrogens is 3. The molecule has 2 aromatic rings. The van der Waals surface area contributed by atoms with Crippen molar-refractivity contribution < 1.29 is 0 Å². The van der Waals surface area contributed by atoms with Gasteiger partial charge >= 0.3 is 0 Å². The third kappa shape index (κ3) is 1.89. The van der Waals surface area contributed by atoms with E-state index in [1.54, 1.807) is 29.3 Å².